The minimum absolute atomic E-state index is 0.659. The Kier molecular flexibility index (Phi) is 3.44. The molecule has 0 aliphatic carbocycles. The number of aromatic nitrogens is 1. The molecule has 1 fully saturated rings. The van der Waals surface area contributed by atoms with Crippen molar-refractivity contribution >= 4 is 5.69 Å². The van der Waals surface area contributed by atoms with E-state index in [9.17, 15) is 0 Å². The molecule has 2 unspecified atom stereocenters. The highest BCUT2D eigenvalue weighted by molar-refractivity contribution is 5.41. The molecule has 1 aromatic rings. The van der Waals surface area contributed by atoms with E-state index < -0.39 is 0 Å². The summed E-state index contributed by atoms with van der Waals surface area (Å²) in [5, 5.41) is 0. The van der Waals surface area contributed by atoms with Crippen LogP contribution in [0.1, 0.15) is 38.8 Å². The highest BCUT2D eigenvalue weighted by Crippen LogP contribution is 2.28. The fourth-order valence-corrected chi connectivity index (χ4v) is 2.60. The second-order valence-electron chi connectivity index (χ2n) is 4.70. The van der Waals surface area contributed by atoms with Crippen molar-refractivity contribution in [3.05, 3.63) is 24.0 Å². The molecule has 1 saturated heterocycles. The lowest BCUT2D eigenvalue weighted by Crippen LogP contribution is -2.34. The molecule has 3 heteroatoms. The van der Waals surface area contributed by atoms with Crippen molar-refractivity contribution in [2.24, 2.45) is 0 Å². The van der Waals surface area contributed by atoms with Crippen LogP contribution in [0.5, 0.6) is 0 Å². The van der Waals surface area contributed by atoms with E-state index in [-0.39, 0.29) is 0 Å². The van der Waals surface area contributed by atoms with Crippen molar-refractivity contribution in [1.82, 2.24) is 9.88 Å². The molecule has 0 aromatic carbocycles. The lowest BCUT2D eigenvalue weighted by molar-refractivity contribution is 0.188. The summed E-state index contributed by atoms with van der Waals surface area (Å²) in [5.41, 5.74) is 7.78. The number of hydrogen-bond donors (Lipinski definition) is 1. The minimum Gasteiger partial charge on any atom is -0.397 e. The number of rotatable bonds is 3. The third kappa shape index (κ3) is 2.19. The summed E-state index contributed by atoms with van der Waals surface area (Å²) in [6.07, 6.45) is 5.65. The van der Waals surface area contributed by atoms with Gasteiger partial charge in [0.05, 0.1) is 11.4 Å². The molecule has 0 saturated carbocycles. The zero-order chi connectivity index (χ0) is 11.5. The standard InChI is InChI=1S/C13H21N3/c1-3-11-7-6-10(2)16(11)9-13-12(14)5-4-8-15-13/h4-5,8,10-11H,3,6-7,9,14H2,1-2H3. The Balaban J connectivity index is 2.11. The zero-order valence-electron chi connectivity index (χ0n) is 10.2. The summed E-state index contributed by atoms with van der Waals surface area (Å²) in [6, 6.07) is 5.19. The predicted octanol–water partition coefficient (Wildman–Crippen LogP) is 2.43. The summed E-state index contributed by atoms with van der Waals surface area (Å²) < 4.78 is 0. The van der Waals surface area contributed by atoms with Gasteiger partial charge in [-0.2, -0.15) is 0 Å². The van der Waals surface area contributed by atoms with E-state index in [0.29, 0.717) is 12.1 Å². The lowest BCUT2D eigenvalue weighted by atomic mass is 10.1. The van der Waals surface area contributed by atoms with Gasteiger partial charge < -0.3 is 5.73 Å². The van der Waals surface area contributed by atoms with E-state index in [1.165, 1.54) is 19.3 Å². The zero-order valence-corrected chi connectivity index (χ0v) is 10.2. The highest BCUT2D eigenvalue weighted by atomic mass is 15.2. The Bertz CT molecular complexity index is 351. The molecule has 0 spiro atoms. The molecule has 0 amide bonds. The van der Waals surface area contributed by atoms with Crippen molar-refractivity contribution in [3.8, 4) is 0 Å². The van der Waals surface area contributed by atoms with Gasteiger partial charge in [0, 0.05) is 24.8 Å². The van der Waals surface area contributed by atoms with Gasteiger partial charge in [0.15, 0.2) is 0 Å². The Morgan fingerprint density at radius 3 is 3.00 bits per heavy atom. The first-order chi connectivity index (χ1) is 7.72. The second kappa shape index (κ2) is 4.83. The molecular formula is C13H21N3. The molecule has 0 bridgehead atoms. The Labute approximate surface area is 97.7 Å². The topological polar surface area (TPSA) is 42.2 Å². The second-order valence-corrected chi connectivity index (χ2v) is 4.70. The van der Waals surface area contributed by atoms with Crippen LogP contribution in [0, 0.1) is 0 Å². The van der Waals surface area contributed by atoms with E-state index in [2.05, 4.69) is 23.7 Å². The average molecular weight is 219 g/mol. The summed E-state index contributed by atoms with van der Waals surface area (Å²) in [7, 11) is 0. The van der Waals surface area contributed by atoms with Gasteiger partial charge in [-0.05, 0) is 38.3 Å². The van der Waals surface area contributed by atoms with Gasteiger partial charge in [-0.3, -0.25) is 9.88 Å². The predicted molar refractivity (Wildman–Crippen MR) is 67.0 cm³/mol. The van der Waals surface area contributed by atoms with Crippen LogP contribution in [0.15, 0.2) is 18.3 Å². The quantitative estimate of drug-likeness (QED) is 0.849. The van der Waals surface area contributed by atoms with E-state index >= 15 is 0 Å². The first kappa shape index (κ1) is 11.4. The number of anilines is 1. The summed E-state index contributed by atoms with van der Waals surface area (Å²) in [6.45, 7) is 5.46. The number of nitrogens with zero attached hydrogens (tertiary/aromatic N) is 2. The molecule has 1 aliphatic rings. The molecule has 3 nitrogen and oxygen atoms in total. The van der Waals surface area contributed by atoms with Crippen LogP contribution >= 0.6 is 0 Å². The van der Waals surface area contributed by atoms with Crippen molar-refractivity contribution in [3.63, 3.8) is 0 Å². The van der Waals surface area contributed by atoms with Crippen LogP contribution in [0.25, 0.3) is 0 Å². The number of pyridine rings is 1. The maximum atomic E-state index is 5.94. The summed E-state index contributed by atoms with van der Waals surface area (Å²) >= 11 is 0. The molecular weight excluding hydrogens is 198 g/mol. The fraction of sp³-hybridized carbons (Fsp3) is 0.615. The minimum atomic E-state index is 0.659. The Hall–Kier alpha value is -1.09. The van der Waals surface area contributed by atoms with Crippen LogP contribution in [-0.4, -0.2) is 22.0 Å². The average Bonchev–Trinajstić information content (AvgIpc) is 2.63. The molecule has 88 valence electrons. The van der Waals surface area contributed by atoms with Gasteiger partial charge in [-0.25, -0.2) is 0 Å². The van der Waals surface area contributed by atoms with E-state index in [1.807, 2.05) is 18.3 Å². The number of nitrogens with two attached hydrogens (primary N) is 1. The van der Waals surface area contributed by atoms with Gasteiger partial charge in [0.2, 0.25) is 0 Å². The van der Waals surface area contributed by atoms with Gasteiger partial charge >= 0.3 is 0 Å². The summed E-state index contributed by atoms with van der Waals surface area (Å²) in [5.74, 6) is 0. The lowest BCUT2D eigenvalue weighted by Gasteiger charge is -2.27. The number of likely N-dealkylation sites (tertiary alicyclic amines) is 1. The molecule has 2 rings (SSSR count). The van der Waals surface area contributed by atoms with E-state index in [1.54, 1.807) is 0 Å². The largest absolute Gasteiger partial charge is 0.397 e. The normalized spacial score (nSPS) is 26.1. The fourth-order valence-electron chi connectivity index (χ4n) is 2.60. The molecule has 16 heavy (non-hydrogen) atoms. The van der Waals surface area contributed by atoms with Crippen molar-refractivity contribution in [2.45, 2.75) is 51.7 Å². The van der Waals surface area contributed by atoms with Crippen LogP contribution in [0.2, 0.25) is 0 Å². The molecule has 0 radical (unpaired) electrons. The molecule has 1 aliphatic heterocycles. The van der Waals surface area contributed by atoms with Gasteiger partial charge in [0.25, 0.3) is 0 Å². The van der Waals surface area contributed by atoms with E-state index in [0.717, 1.165) is 17.9 Å². The first-order valence-corrected chi connectivity index (χ1v) is 6.17. The van der Waals surface area contributed by atoms with Crippen molar-refractivity contribution in [2.75, 3.05) is 5.73 Å². The Morgan fingerprint density at radius 2 is 2.31 bits per heavy atom. The third-order valence-electron chi connectivity index (χ3n) is 3.68. The monoisotopic (exact) mass is 219 g/mol. The smallest absolute Gasteiger partial charge is 0.0772 e. The first-order valence-electron chi connectivity index (χ1n) is 6.17. The van der Waals surface area contributed by atoms with Gasteiger partial charge in [0.1, 0.15) is 0 Å². The van der Waals surface area contributed by atoms with Crippen LogP contribution in [0.3, 0.4) is 0 Å². The molecule has 1 aromatic heterocycles. The SMILES string of the molecule is CCC1CCC(C)N1Cc1ncccc1N. The van der Waals surface area contributed by atoms with Crippen LogP contribution < -0.4 is 5.73 Å². The number of hydrogen-bond acceptors (Lipinski definition) is 3. The molecule has 2 heterocycles. The summed E-state index contributed by atoms with van der Waals surface area (Å²) in [4.78, 5) is 6.92. The Morgan fingerprint density at radius 1 is 1.50 bits per heavy atom. The third-order valence-corrected chi connectivity index (χ3v) is 3.68. The van der Waals surface area contributed by atoms with Crippen LogP contribution in [0.4, 0.5) is 5.69 Å². The highest BCUT2D eigenvalue weighted by Gasteiger charge is 2.29. The van der Waals surface area contributed by atoms with Crippen molar-refractivity contribution in [1.29, 1.82) is 0 Å². The van der Waals surface area contributed by atoms with Crippen LogP contribution in [-0.2, 0) is 6.54 Å². The van der Waals surface area contributed by atoms with Crippen molar-refractivity contribution < 1.29 is 0 Å². The molecule has 2 N–H and O–H groups in total. The van der Waals surface area contributed by atoms with E-state index in [4.69, 9.17) is 5.73 Å². The maximum absolute atomic E-state index is 5.94. The van der Waals surface area contributed by atoms with Gasteiger partial charge in [-0.1, -0.05) is 6.92 Å². The molecule has 2 atom stereocenters. The number of nitrogen functional groups attached to an aromatic ring is 1. The maximum Gasteiger partial charge on any atom is 0.0772 e. The van der Waals surface area contributed by atoms with Gasteiger partial charge in [-0.15, -0.1) is 0 Å².